The minimum absolute atomic E-state index is 0.0992. The molecule has 19 heavy (non-hydrogen) atoms. The number of hydrogen-bond donors (Lipinski definition) is 0. The molecule has 104 valence electrons. The van der Waals surface area contributed by atoms with E-state index in [2.05, 4.69) is 54.9 Å². The highest BCUT2D eigenvalue weighted by Gasteiger charge is 2.33. The second kappa shape index (κ2) is 6.21. The summed E-state index contributed by atoms with van der Waals surface area (Å²) < 4.78 is 1.08. The summed E-state index contributed by atoms with van der Waals surface area (Å²) in [4.78, 5) is 11.5. The topological polar surface area (TPSA) is 17.1 Å². The molecule has 2 rings (SSSR count). The summed E-state index contributed by atoms with van der Waals surface area (Å²) in [6.45, 7) is 6.86. The molecule has 1 nitrogen and oxygen atoms in total. The maximum Gasteiger partial charge on any atom is 0.127 e. The second-order valence-electron chi connectivity index (χ2n) is 6.44. The number of aldehydes is 1. The summed E-state index contributed by atoms with van der Waals surface area (Å²) >= 11 is 3.51. The van der Waals surface area contributed by atoms with Crippen LogP contribution >= 0.6 is 15.9 Å². The van der Waals surface area contributed by atoms with Gasteiger partial charge in [-0.25, -0.2) is 0 Å². The monoisotopic (exact) mass is 322 g/mol. The Morgan fingerprint density at radius 2 is 2.11 bits per heavy atom. The van der Waals surface area contributed by atoms with Gasteiger partial charge in [-0.2, -0.15) is 0 Å². The van der Waals surface area contributed by atoms with Gasteiger partial charge >= 0.3 is 0 Å². The van der Waals surface area contributed by atoms with Crippen molar-refractivity contribution in [1.82, 2.24) is 0 Å². The van der Waals surface area contributed by atoms with Crippen LogP contribution in [-0.2, 0) is 11.2 Å². The van der Waals surface area contributed by atoms with Gasteiger partial charge < -0.3 is 4.79 Å². The molecule has 2 heteroatoms. The Hall–Kier alpha value is -0.630. The molecule has 1 aliphatic carbocycles. The van der Waals surface area contributed by atoms with Crippen LogP contribution in [0.3, 0.4) is 0 Å². The average Bonchev–Trinajstić information content (AvgIpc) is 2.64. The van der Waals surface area contributed by atoms with Crippen molar-refractivity contribution < 1.29 is 4.79 Å². The highest BCUT2D eigenvalue weighted by atomic mass is 79.9. The predicted octanol–water partition coefficient (Wildman–Crippen LogP) is 4.98. The fraction of sp³-hybridized carbons (Fsp3) is 0.588. The van der Waals surface area contributed by atoms with E-state index in [0.717, 1.165) is 29.5 Å². The third-order valence-electron chi connectivity index (χ3n) is 4.18. The molecule has 0 aliphatic heterocycles. The number of hydrogen-bond acceptors (Lipinski definition) is 1. The summed E-state index contributed by atoms with van der Waals surface area (Å²) in [7, 11) is 0. The SMILES string of the molecule is CC(C)CC(C)C[C@H]1Cc2ccc(Br)cc2C1C=O. The highest BCUT2D eigenvalue weighted by molar-refractivity contribution is 9.10. The maximum atomic E-state index is 11.5. The molecule has 1 aromatic carbocycles. The van der Waals surface area contributed by atoms with Crippen molar-refractivity contribution in [3.05, 3.63) is 33.8 Å². The molecular weight excluding hydrogens is 300 g/mol. The first-order valence-electron chi connectivity index (χ1n) is 7.24. The van der Waals surface area contributed by atoms with Crippen LogP contribution in [0.4, 0.5) is 0 Å². The van der Waals surface area contributed by atoms with Gasteiger partial charge in [0.15, 0.2) is 0 Å². The highest BCUT2D eigenvalue weighted by Crippen LogP contribution is 2.41. The van der Waals surface area contributed by atoms with Gasteiger partial charge in [0, 0.05) is 10.4 Å². The molecule has 2 unspecified atom stereocenters. The zero-order valence-electron chi connectivity index (χ0n) is 12.0. The van der Waals surface area contributed by atoms with Gasteiger partial charge in [-0.05, 0) is 60.3 Å². The lowest BCUT2D eigenvalue weighted by Crippen LogP contribution is -2.14. The Balaban J connectivity index is 2.11. The third-order valence-corrected chi connectivity index (χ3v) is 4.68. The number of carbonyl (C=O) groups excluding carboxylic acids is 1. The average molecular weight is 323 g/mol. The molecule has 0 spiro atoms. The van der Waals surface area contributed by atoms with E-state index in [4.69, 9.17) is 0 Å². The van der Waals surface area contributed by atoms with Crippen molar-refractivity contribution in [3.8, 4) is 0 Å². The summed E-state index contributed by atoms with van der Waals surface area (Å²) in [5.74, 6) is 2.03. The van der Waals surface area contributed by atoms with Crippen LogP contribution in [0.2, 0.25) is 0 Å². The Labute approximate surface area is 124 Å². The number of rotatable bonds is 5. The lowest BCUT2D eigenvalue weighted by atomic mass is 9.83. The number of carbonyl (C=O) groups is 1. The van der Waals surface area contributed by atoms with E-state index in [-0.39, 0.29) is 5.92 Å². The van der Waals surface area contributed by atoms with Gasteiger partial charge in [0.25, 0.3) is 0 Å². The summed E-state index contributed by atoms with van der Waals surface area (Å²) in [6, 6.07) is 6.38. The van der Waals surface area contributed by atoms with Crippen LogP contribution in [0.25, 0.3) is 0 Å². The van der Waals surface area contributed by atoms with E-state index in [9.17, 15) is 4.79 Å². The first-order chi connectivity index (χ1) is 9.01. The van der Waals surface area contributed by atoms with Crippen molar-refractivity contribution in [2.75, 3.05) is 0 Å². The van der Waals surface area contributed by atoms with Crippen LogP contribution in [-0.4, -0.2) is 6.29 Å². The molecular formula is C17H23BrO. The zero-order chi connectivity index (χ0) is 14.0. The van der Waals surface area contributed by atoms with Crippen molar-refractivity contribution >= 4 is 22.2 Å². The van der Waals surface area contributed by atoms with Crippen LogP contribution in [0.15, 0.2) is 22.7 Å². The maximum absolute atomic E-state index is 11.5. The minimum Gasteiger partial charge on any atom is -0.303 e. The van der Waals surface area contributed by atoms with Gasteiger partial charge in [-0.15, -0.1) is 0 Å². The molecule has 1 aromatic rings. The quantitative estimate of drug-likeness (QED) is 0.699. The second-order valence-corrected chi connectivity index (χ2v) is 7.36. The summed E-state index contributed by atoms with van der Waals surface area (Å²) in [5, 5.41) is 0. The molecule has 0 aromatic heterocycles. The van der Waals surface area contributed by atoms with E-state index >= 15 is 0 Å². The van der Waals surface area contributed by atoms with Crippen molar-refractivity contribution in [3.63, 3.8) is 0 Å². The minimum atomic E-state index is 0.0992. The summed E-state index contributed by atoms with van der Waals surface area (Å²) in [6.07, 6.45) is 4.63. The fourth-order valence-corrected chi connectivity index (χ4v) is 3.94. The third kappa shape index (κ3) is 3.47. The smallest absolute Gasteiger partial charge is 0.127 e. The van der Waals surface area contributed by atoms with E-state index < -0.39 is 0 Å². The first-order valence-corrected chi connectivity index (χ1v) is 8.04. The lowest BCUT2D eigenvalue weighted by Gasteiger charge is -2.21. The molecule has 1 aliphatic rings. The lowest BCUT2D eigenvalue weighted by molar-refractivity contribution is -0.110. The molecule has 0 radical (unpaired) electrons. The van der Waals surface area contributed by atoms with E-state index in [1.54, 1.807) is 0 Å². The molecule has 0 saturated heterocycles. The van der Waals surface area contributed by atoms with Crippen LogP contribution in [0.1, 0.15) is 50.7 Å². The Bertz CT molecular complexity index is 453. The molecule has 0 bridgehead atoms. The zero-order valence-corrected chi connectivity index (χ0v) is 13.6. The van der Waals surface area contributed by atoms with Gasteiger partial charge in [-0.1, -0.05) is 42.8 Å². The predicted molar refractivity (Wildman–Crippen MR) is 83.4 cm³/mol. The number of halogens is 1. The van der Waals surface area contributed by atoms with Crippen molar-refractivity contribution in [2.45, 2.75) is 46.0 Å². The standard InChI is InChI=1S/C17H23BrO/c1-11(2)6-12(3)7-14-8-13-4-5-15(18)9-16(13)17(14)10-19/h4-5,9-12,14,17H,6-8H2,1-3H3/t12?,14-,17?/m0/s1. The normalized spacial score (nSPS) is 23.4. The molecule has 0 fully saturated rings. The van der Waals surface area contributed by atoms with Gasteiger partial charge in [0.2, 0.25) is 0 Å². The molecule has 0 saturated carbocycles. The Morgan fingerprint density at radius 3 is 2.74 bits per heavy atom. The molecule has 0 N–H and O–H groups in total. The van der Waals surface area contributed by atoms with E-state index in [0.29, 0.717) is 11.8 Å². The fourth-order valence-electron chi connectivity index (χ4n) is 3.56. The summed E-state index contributed by atoms with van der Waals surface area (Å²) in [5.41, 5.74) is 2.60. The van der Waals surface area contributed by atoms with E-state index in [1.807, 2.05) is 0 Å². The largest absolute Gasteiger partial charge is 0.303 e. The van der Waals surface area contributed by atoms with Gasteiger partial charge in [0.1, 0.15) is 6.29 Å². The number of benzene rings is 1. The van der Waals surface area contributed by atoms with Crippen molar-refractivity contribution in [1.29, 1.82) is 0 Å². The number of fused-ring (bicyclic) bond motifs is 1. The first kappa shape index (κ1) is 14.8. The Kier molecular flexibility index (Phi) is 4.83. The van der Waals surface area contributed by atoms with Crippen LogP contribution < -0.4 is 0 Å². The molecule has 3 atom stereocenters. The van der Waals surface area contributed by atoms with Gasteiger partial charge in [0.05, 0.1) is 0 Å². The Morgan fingerprint density at radius 1 is 1.37 bits per heavy atom. The van der Waals surface area contributed by atoms with Crippen LogP contribution in [0.5, 0.6) is 0 Å². The van der Waals surface area contributed by atoms with E-state index in [1.165, 1.54) is 17.5 Å². The molecule has 0 amide bonds. The van der Waals surface area contributed by atoms with Gasteiger partial charge in [-0.3, -0.25) is 0 Å². The van der Waals surface area contributed by atoms with Crippen molar-refractivity contribution in [2.24, 2.45) is 17.8 Å². The van der Waals surface area contributed by atoms with Crippen LogP contribution in [0, 0.1) is 17.8 Å². The molecule has 0 heterocycles.